The number of carbonyl (C=O) groups is 2. The first-order chi connectivity index (χ1) is 33.1. The highest BCUT2D eigenvalue weighted by Gasteiger charge is 2.46. The summed E-state index contributed by atoms with van der Waals surface area (Å²) in [5, 5.41) is 31.2. The molecular weight excluding hydrogens is 936 g/mol. The van der Waals surface area contributed by atoms with Gasteiger partial charge in [0, 0.05) is 19.0 Å². The highest BCUT2D eigenvalue weighted by molar-refractivity contribution is 7.61. The molecule has 0 radical (unpaired) electrons. The van der Waals surface area contributed by atoms with Crippen molar-refractivity contribution in [2.75, 3.05) is 25.6 Å². The van der Waals surface area contributed by atoms with Crippen LogP contribution < -0.4 is 11.4 Å². The molecule has 392 valence electrons. The Kier molecular flexibility index (Phi) is 32.4. The lowest BCUT2D eigenvalue weighted by atomic mass is 10.0. The minimum Gasteiger partial charge on any atom is -0.462 e. The number of phosphoric ester groups is 2. The first-order valence-corrected chi connectivity index (χ1v) is 27.4. The van der Waals surface area contributed by atoms with Crippen LogP contribution in [0.2, 0.25) is 0 Å². The Morgan fingerprint density at radius 3 is 1.94 bits per heavy atom. The van der Waals surface area contributed by atoms with Crippen LogP contribution in [0.15, 0.2) is 77.8 Å². The van der Waals surface area contributed by atoms with Crippen molar-refractivity contribution >= 4 is 33.4 Å². The topological polar surface area (TPSA) is 286 Å². The van der Waals surface area contributed by atoms with E-state index in [9.17, 15) is 48.6 Å². The number of esters is 2. The molecule has 1 aromatic rings. The van der Waals surface area contributed by atoms with Gasteiger partial charge in [0.2, 0.25) is 0 Å². The van der Waals surface area contributed by atoms with Crippen LogP contribution >= 0.6 is 15.6 Å². The van der Waals surface area contributed by atoms with Gasteiger partial charge >= 0.3 is 33.3 Å². The maximum absolute atomic E-state index is 12.8. The average Bonchev–Trinajstić information content (AvgIpc) is 3.58. The van der Waals surface area contributed by atoms with Gasteiger partial charge in [0.1, 0.15) is 30.7 Å². The number of rotatable bonds is 39. The van der Waals surface area contributed by atoms with E-state index >= 15 is 0 Å². The summed E-state index contributed by atoms with van der Waals surface area (Å²) < 4.78 is 56.5. The summed E-state index contributed by atoms with van der Waals surface area (Å²) in [6.45, 7) is 1.83. The van der Waals surface area contributed by atoms with E-state index in [0.29, 0.717) is 6.42 Å². The van der Waals surface area contributed by atoms with Gasteiger partial charge in [-0.05, 0) is 51.0 Å². The molecule has 69 heavy (non-hydrogen) atoms. The number of nitrogens with zero attached hydrogens (tertiary/aromatic N) is 2. The molecule has 19 nitrogen and oxygen atoms in total. The summed E-state index contributed by atoms with van der Waals surface area (Å²) in [6, 6.07) is 1.24. The number of aromatic nitrogens is 2. The average molecular weight is 1020 g/mol. The van der Waals surface area contributed by atoms with Crippen LogP contribution in [0.1, 0.15) is 155 Å². The lowest BCUT2D eigenvalue weighted by Crippen LogP contribution is -2.36. The minimum atomic E-state index is -5.46. The molecule has 2 heterocycles. The van der Waals surface area contributed by atoms with Gasteiger partial charge in [0.25, 0.3) is 0 Å². The minimum absolute atomic E-state index is 0.00954. The number of phosphoric acid groups is 2. The Morgan fingerprint density at radius 2 is 1.33 bits per heavy atom. The number of aliphatic hydroxyl groups excluding tert-OH is 3. The Balaban J connectivity index is 1.86. The highest BCUT2D eigenvalue weighted by Crippen LogP contribution is 2.60. The second kappa shape index (κ2) is 36.4. The van der Waals surface area contributed by atoms with Crippen molar-refractivity contribution in [1.29, 1.82) is 0 Å². The van der Waals surface area contributed by atoms with Gasteiger partial charge in [0.15, 0.2) is 12.3 Å². The second-order valence-corrected chi connectivity index (χ2v) is 19.8. The molecule has 0 saturated carbocycles. The third-order valence-electron chi connectivity index (χ3n) is 10.7. The molecule has 3 unspecified atom stereocenters. The van der Waals surface area contributed by atoms with Crippen LogP contribution in [-0.4, -0.2) is 96.9 Å². The Bertz CT molecular complexity index is 1910. The third kappa shape index (κ3) is 29.4. The van der Waals surface area contributed by atoms with Crippen molar-refractivity contribution < 1.29 is 71.4 Å². The quantitative estimate of drug-likeness (QED) is 0.0118. The number of unbranched alkanes of at least 4 members (excludes halogenated alkanes) is 12. The zero-order valence-electron chi connectivity index (χ0n) is 40.5. The SMILES string of the molecule is CC/C=C\C/C=C\C/C=C\C/C=C\C=C\C(O)CCCC(=O)OC[C@H](COP(=O)(O)OP(=O)(O)OC[C@H]1O[C@@H](n2ccc(N)nc2=O)[C@H](O)[C@@H]1O)OC(=O)CCCCCCCCCCCCCCC. The van der Waals surface area contributed by atoms with E-state index < -0.39 is 89.8 Å². The van der Waals surface area contributed by atoms with Crippen LogP contribution in [0.4, 0.5) is 5.82 Å². The lowest BCUT2D eigenvalue weighted by molar-refractivity contribution is -0.161. The monoisotopic (exact) mass is 1020 g/mol. The van der Waals surface area contributed by atoms with Crippen molar-refractivity contribution in [2.24, 2.45) is 0 Å². The van der Waals surface area contributed by atoms with Crippen LogP contribution in [0.5, 0.6) is 0 Å². The largest absolute Gasteiger partial charge is 0.481 e. The van der Waals surface area contributed by atoms with Crippen molar-refractivity contribution in [1.82, 2.24) is 9.55 Å². The number of carbonyl (C=O) groups excluding carboxylic acids is 2. The van der Waals surface area contributed by atoms with Crippen LogP contribution in [0, 0.1) is 0 Å². The molecule has 0 aromatic carbocycles. The van der Waals surface area contributed by atoms with Gasteiger partial charge in [-0.15, -0.1) is 0 Å². The van der Waals surface area contributed by atoms with E-state index in [1.165, 1.54) is 57.4 Å². The summed E-state index contributed by atoms with van der Waals surface area (Å²) in [6.07, 6.45) is 30.5. The molecule has 8 atom stereocenters. The molecule has 1 fully saturated rings. The van der Waals surface area contributed by atoms with E-state index in [-0.39, 0.29) is 31.5 Å². The highest BCUT2D eigenvalue weighted by atomic mass is 31.3. The van der Waals surface area contributed by atoms with Gasteiger partial charge in [-0.1, -0.05) is 152 Å². The number of nitrogen functional groups attached to an aromatic ring is 1. The number of hydrogen-bond acceptors (Lipinski definition) is 16. The molecule has 0 spiro atoms. The molecular formula is C48H79N3O16P2. The molecule has 21 heteroatoms. The Labute approximate surface area is 407 Å². The molecule has 1 aliphatic heterocycles. The number of nitrogens with two attached hydrogens (primary N) is 1. The number of allylic oxidation sites excluding steroid dienone is 9. The maximum atomic E-state index is 12.8. The Hall–Kier alpha value is -3.58. The van der Waals surface area contributed by atoms with Crippen LogP contribution in [-0.2, 0) is 46.3 Å². The summed E-state index contributed by atoms with van der Waals surface area (Å²) in [4.78, 5) is 61.8. The van der Waals surface area contributed by atoms with Crippen molar-refractivity contribution in [2.45, 2.75) is 185 Å². The number of aliphatic hydroxyl groups is 3. The van der Waals surface area contributed by atoms with Crippen molar-refractivity contribution in [3.63, 3.8) is 0 Å². The van der Waals surface area contributed by atoms with Crippen LogP contribution in [0.3, 0.4) is 0 Å². The van der Waals surface area contributed by atoms with Gasteiger partial charge in [-0.2, -0.15) is 9.29 Å². The normalized spacial score (nSPS) is 20.3. The predicted molar refractivity (Wildman–Crippen MR) is 262 cm³/mol. The molecule has 0 bridgehead atoms. The first-order valence-electron chi connectivity index (χ1n) is 24.4. The number of anilines is 1. The third-order valence-corrected chi connectivity index (χ3v) is 13.3. The van der Waals surface area contributed by atoms with E-state index in [0.717, 1.165) is 62.1 Å². The van der Waals surface area contributed by atoms with Crippen LogP contribution in [0.25, 0.3) is 0 Å². The lowest BCUT2D eigenvalue weighted by Gasteiger charge is -2.21. The van der Waals surface area contributed by atoms with Gasteiger partial charge in [-0.3, -0.25) is 23.2 Å². The van der Waals surface area contributed by atoms with Crippen molar-refractivity contribution in [3.05, 3.63) is 83.5 Å². The molecule has 1 aliphatic rings. The van der Waals surface area contributed by atoms with Gasteiger partial charge in [0.05, 0.1) is 19.3 Å². The molecule has 2 rings (SSSR count). The van der Waals surface area contributed by atoms with Gasteiger partial charge in [-0.25, -0.2) is 13.9 Å². The molecule has 1 saturated heterocycles. The standard InChI is InChI=1S/C48H79N3O16P2/c1-3-5-7-9-11-13-15-17-19-21-23-25-27-30-39(52)31-29-33-43(53)62-36-40(65-44(54)32-28-26-24-22-20-18-16-14-12-10-8-6-4-2)37-63-68(58,59)67-69(60,61)64-38-41-45(55)46(56)47(66-41)51-35-34-42(49)50-48(51)57/h5,7,11,13,17,19,23,25,27,30,34-35,39-41,45-47,52,55-56H,3-4,6,8-10,12,14-16,18,20-22,24,26,28-29,31-33,36-38H2,1-2H3,(H,58,59)(H,60,61)(H2,49,50,57)/b7-5-,13-11-,19-17-,25-23-,30-27+/t39?,40-,41-,45-,46-,47-/m1/s1. The fourth-order valence-electron chi connectivity index (χ4n) is 6.93. The van der Waals surface area contributed by atoms with E-state index in [2.05, 4.69) is 59.6 Å². The van der Waals surface area contributed by atoms with E-state index in [4.69, 9.17) is 29.0 Å². The van der Waals surface area contributed by atoms with Gasteiger partial charge < -0.3 is 45.1 Å². The van der Waals surface area contributed by atoms with E-state index in [1.54, 1.807) is 12.2 Å². The molecule has 0 aliphatic carbocycles. The Morgan fingerprint density at radius 1 is 0.768 bits per heavy atom. The number of ether oxygens (including phenoxy) is 3. The summed E-state index contributed by atoms with van der Waals surface area (Å²) in [7, 11) is -10.9. The fourth-order valence-corrected chi connectivity index (χ4v) is 9.04. The first kappa shape index (κ1) is 61.5. The maximum Gasteiger partial charge on any atom is 0.481 e. The molecule has 0 amide bonds. The summed E-state index contributed by atoms with van der Waals surface area (Å²) in [5.41, 5.74) is 4.57. The molecule has 7 N–H and O–H groups in total. The summed E-state index contributed by atoms with van der Waals surface area (Å²) in [5.74, 6) is -1.51. The fraction of sp³-hybridized carbons (Fsp3) is 0.667. The zero-order chi connectivity index (χ0) is 50.8. The number of hydrogen-bond donors (Lipinski definition) is 6. The van der Waals surface area contributed by atoms with Crippen molar-refractivity contribution in [3.8, 4) is 0 Å². The predicted octanol–water partition coefficient (Wildman–Crippen LogP) is 8.52. The molecule has 1 aromatic heterocycles. The summed E-state index contributed by atoms with van der Waals surface area (Å²) >= 11 is 0. The smallest absolute Gasteiger partial charge is 0.462 e. The zero-order valence-corrected chi connectivity index (χ0v) is 42.2. The van der Waals surface area contributed by atoms with E-state index in [1.807, 2.05) is 12.2 Å². The second-order valence-electron chi connectivity index (χ2n) is 16.8.